The molecular formula is C12H14O6. The Hall–Kier alpha value is -2.24. The van der Waals surface area contributed by atoms with Crippen molar-refractivity contribution < 1.29 is 28.7 Å². The van der Waals surface area contributed by atoms with E-state index in [9.17, 15) is 19.2 Å². The van der Waals surface area contributed by atoms with Gasteiger partial charge in [-0.2, -0.15) is 0 Å². The van der Waals surface area contributed by atoms with Gasteiger partial charge in [-0.05, 0) is 6.92 Å². The molecule has 98 valence electrons. The minimum absolute atomic E-state index is 0.0575. The summed E-state index contributed by atoms with van der Waals surface area (Å²) in [5.41, 5.74) is -0.0575. The molecule has 1 atom stereocenters. The minimum Gasteiger partial charge on any atom is -0.466 e. The van der Waals surface area contributed by atoms with Gasteiger partial charge in [0.2, 0.25) is 0 Å². The standard InChI is InChI=1S/C12H14O6/c1-8(14)12(18-9(2)15)10(7-13)5-4-6-11(16)17-3/h4-7,12H,1-3H3/b6-4-,10-5-. The molecule has 0 N–H and O–H groups in total. The number of ketones is 1. The Morgan fingerprint density at radius 2 is 1.78 bits per heavy atom. The van der Waals surface area contributed by atoms with E-state index in [4.69, 9.17) is 4.74 Å². The molecule has 0 aliphatic carbocycles. The van der Waals surface area contributed by atoms with Crippen LogP contribution in [-0.4, -0.2) is 37.2 Å². The second kappa shape index (κ2) is 7.94. The van der Waals surface area contributed by atoms with Crippen molar-refractivity contribution in [2.45, 2.75) is 20.0 Å². The summed E-state index contributed by atoms with van der Waals surface area (Å²) in [4.78, 5) is 43.6. The first-order chi connectivity index (χ1) is 8.42. The average molecular weight is 254 g/mol. The third-order valence-electron chi connectivity index (χ3n) is 1.81. The number of methoxy groups -OCH3 is 1. The van der Waals surface area contributed by atoms with E-state index < -0.39 is 23.8 Å². The van der Waals surface area contributed by atoms with Crippen LogP contribution in [0.4, 0.5) is 0 Å². The summed E-state index contributed by atoms with van der Waals surface area (Å²) in [6.07, 6.45) is 2.63. The number of esters is 2. The molecule has 0 amide bonds. The SMILES string of the molecule is COC(=O)/C=C\C=C(\C=O)C(OC(C)=O)C(C)=O. The fraction of sp³-hybridized carbons (Fsp3) is 0.333. The average Bonchev–Trinajstić information content (AvgIpc) is 2.31. The summed E-state index contributed by atoms with van der Waals surface area (Å²) < 4.78 is 9.05. The lowest BCUT2D eigenvalue weighted by atomic mass is 10.1. The van der Waals surface area contributed by atoms with Crippen LogP contribution in [0.3, 0.4) is 0 Å². The Bertz CT molecular complexity index is 405. The van der Waals surface area contributed by atoms with Crippen LogP contribution in [0.5, 0.6) is 0 Å². The first-order valence-electron chi connectivity index (χ1n) is 5.01. The zero-order valence-corrected chi connectivity index (χ0v) is 10.3. The van der Waals surface area contributed by atoms with E-state index in [0.717, 1.165) is 13.0 Å². The van der Waals surface area contributed by atoms with Gasteiger partial charge in [0.05, 0.1) is 7.11 Å². The highest BCUT2D eigenvalue weighted by Gasteiger charge is 2.21. The van der Waals surface area contributed by atoms with E-state index >= 15 is 0 Å². The van der Waals surface area contributed by atoms with E-state index in [0.29, 0.717) is 6.29 Å². The van der Waals surface area contributed by atoms with Crippen molar-refractivity contribution in [3.05, 3.63) is 23.8 Å². The smallest absolute Gasteiger partial charge is 0.330 e. The molecule has 0 bridgehead atoms. The summed E-state index contributed by atoms with van der Waals surface area (Å²) in [5.74, 6) is -1.78. The maximum absolute atomic E-state index is 11.2. The van der Waals surface area contributed by atoms with Gasteiger partial charge in [0.25, 0.3) is 0 Å². The molecule has 6 heteroatoms. The van der Waals surface area contributed by atoms with Crippen molar-refractivity contribution in [2.75, 3.05) is 7.11 Å². The van der Waals surface area contributed by atoms with Crippen LogP contribution in [-0.2, 0) is 28.7 Å². The molecule has 6 nitrogen and oxygen atoms in total. The summed E-state index contributed by atoms with van der Waals surface area (Å²) in [5, 5.41) is 0. The molecule has 0 aromatic rings. The maximum atomic E-state index is 11.2. The molecule has 0 saturated heterocycles. The third kappa shape index (κ3) is 5.74. The van der Waals surface area contributed by atoms with E-state index in [1.165, 1.54) is 26.2 Å². The van der Waals surface area contributed by atoms with Crippen LogP contribution in [0.2, 0.25) is 0 Å². The number of hydrogen-bond acceptors (Lipinski definition) is 6. The van der Waals surface area contributed by atoms with Crippen molar-refractivity contribution in [1.29, 1.82) is 0 Å². The number of hydrogen-bond donors (Lipinski definition) is 0. The topological polar surface area (TPSA) is 86.7 Å². The van der Waals surface area contributed by atoms with E-state index in [1.54, 1.807) is 0 Å². The molecule has 0 rings (SSSR count). The number of carbonyl (C=O) groups excluding carboxylic acids is 4. The lowest BCUT2D eigenvalue weighted by Crippen LogP contribution is -2.27. The van der Waals surface area contributed by atoms with Gasteiger partial charge in [0, 0.05) is 18.6 Å². The zero-order valence-electron chi connectivity index (χ0n) is 10.3. The molecule has 0 aliphatic heterocycles. The van der Waals surface area contributed by atoms with E-state index in [1.807, 2.05) is 0 Å². The van der Waals surface area contributed by atoms with Gasteiger partial charge in [0.15, 0.2) is 11.9 Å². The fourth-order valence-electron chi connectivity index (χ4n) is 1.05. The van der Waals surface area contributed by atoms with Crippen molar-refractivity contribution in [2.24, 2.45) is 0 Å². The molecule has 0 radical (unpaired) electrons. The second-order valence-electron chi connectivity index (χ2n) is 3.27. The first kappa shape index (κ1) is 15.8. The van der Waals surface area contributed by atoms with Crippen LogP contribution in [0.1, 0.15) is 13.8 Å². The Morgan fingerprint density at radius 3 is 2.17 bits per heavy atom. The van der Waals surface area contributed by atoms with Crippen molar-refractivity contribution in [3.8, 4) is 0 Å². The van der Waals surface area contributed by atoms with Gasteiger partial charge in [-0.3, -0.25) is 14.4 Å². The number of rotatable bonds is 6. The molecule has 0 saturated carbocycles. The van der Waals surface area contributed by atoms with Crippen LogP contribution in [0, 0.1) is 0 Å². The second-order valence-corrected chi connectivity index (χ2v) is 3.27. The van der Waals surface area contributed by atoms with E-state index in [2.05, 4.69) is 4.74 Å². The fourth-order valence-corrected chi connectivity index (χ4v) is 1.05. The van der Waals surface area contributed by atoms with Crippen LogP contribution in [0.25, 0.3) is 0 Å². The molecule has 0 fully saturated rings. The third-order valence-corrected chi connectivity index (χ3v) is 1.81. The molecule has 18 heavy (non-hydrogen) atoms. The summed E-state index contributed by atoms with van der Waals surface area (Å²) >= 11 is 0. The van der Waals surface area contributed by atoms with Crippen molar-refractivity contribution in [1.82, 2.24) is 0 Å². The van der Waals surface area contributed by atoms with Crippen molar-refractivity contribution in [3.63, 3.8) is 0 Å². The summed E-state index contributed by atoms with van der Waals surface area (Å²) in [6.45, 7) is 2.32. The Balaban J connectivity index is 5.00. The Labute approximate surface area is 104 Å². The maximum Gasteiger partial charge on any atom is 0.330 e. The number of allylic oxidation sites excluding steroid dienone is 2. The monoisotopic (exact) mass is 254 g/mol. The predicted molar refractivity (Wildman–Crippen MR) is 61.5 cm³/mol. The van der Waals surface area contributed by atoms with Gasteiger partial charge in [-0.1, -0.05) is 12.2 Å². The van der Waals surface area contributed by atoms with Crippen LogP contribution in [0.15, 0.2) is 23.8 Å². The first-order valence-corrected chi connectivity index (χ1v) is 5.01. The normalized spacial score (nSPS) is 12.9. The number of ether oxygens (including phenoxy) is 2. The molecule has 0 aromatic heterocycles. The zero-order chi connectivity index (χ0) is 14.1. The van der Waals surface area contributed by atoms with Gasteiger partial charge in [-0.25, -0.2) is 4.79 Å². The van der Waals surface area contributed by atoms with Gasteiger partial charge in [-0.15, -0.1) is 0 Å². The van der Waals surface area contributed by atoms with Crippen molar-refractivity contribution >= 4 is 24.0 Å². The largest absolute Gasteiger partial charge is 0.466 e. The molecular weight excluding hydrogens is 240 g/mol. The lowest BCUT2D eigenvalue weighted by molar-refractivity contribution is -0.150. The highest BCUT2D eigenvalue weighted by atomic mass is 16.5. The van der Waals surface area contributed by atoms with Gasteiger partial charge < -0.3 is 9.47 Å². The van der Waals surface area contributed by atoms with Gasteiger partial charge >= 0.3 is 11.9 Å². The van der Waals surface area contributed by atoms with Crippen LogP contribution >= 0.6 is 0 Å². The summed E-state index contributed by atoms with van der Waals surface area (Å²) in [7, 11) is 1.20. The number of aldehydes is 1. The molecule has 0 heterocycles. The van der Waals surface area contributed by atoms with E-state index in [-0.39, 0.29) is 5.57 Å². The lowest BCUT2D eigenvalue weighted by Gasteiger charge is -2.12. The minimum atomic E-state index is -1.26. The molecule has 0 spiro atoms. The van der Waals surface area contributed by atoms with Gasteiger partial charge in [0.1, 0.15) is 6.29 Å². The Kier molecular flexibility index (Phi) is 6.95. The van der Waals surface area contributed by atoms with Crippen LogP contribution < -0.4 is 0 Å². The molecule has 0 aliphatic rings. The predicted octanol–water partition coefficient (Wildman–Crippen LogP) is 0.362. The number of Topliss-reactive ketones (excluding diaryl/α,β-unsaturated/α-hetero) is 1. The quantitative estimate of drug-likeness (QED) is 0.294. The highest BCUT2D eigenvalue weighted by molar-refractivity contribution is 5.94. The molecule has 1 unspecified atom stereocenters. The number of carbonyl (C=O) groups is 4. The summed E-state index contributed by atoms with van der Waals surface area (Å²) in [6, 6.07) is 0. The Morgan fingerprint density at radius 1 is 1.17 bits per heavy atom. The molecule has 0 aromatic carbocycles. The highest BCUT2D eigenvalue weighted by Crippen LogP contribution is 2.07.